The smallest absolute Gasteiger partial charge is 0.256 e. The Morgan fingerprint density at radius 1 is 1.15 bits per heavy atom. The van der Waals surface area contributed by atoms with E-state index in [1.165, 1.54) is 0 Å². The standard InChI is InChI=1S/C21H36N2O3/c1-7-23(8-2)14-15-25-19-12-10-18(11-13-19)22-20(24)21(6,26-9-3)16-17(4)5/h10-13,17H,7-9,14-16H2,1-6H3,(H,22,24)/t21-/m0/s1. The van der Waals surface area contributed by atoms with Crippen molar-refractivity contribution in [3.63, 3.8) is 0 Å². The highest BCUT2D eigenvalue weighted by atomic mass is 16.5. The molecule has 0 aliphatic rings. The van der Waals surface area contributed by atoms with Crippen molar-refractivity contribution in [2.75, 3.05) is 38.2 Å². The van der Waals surface area contributed by atoms with Gasteiger partial charge in [-0.25, -0.2) is 0 Å². The molecule has 0 heterocycles. The van der Waals surface area contributed by atoms with Crippen molar-refractivity contribution in [2.24, 2.45) is 5.92 Å². The molecule has 0 saturated heterocycles. The molecular formula is C21H36N2O3. The van der Waals surface area contributed by atoms with Crippen LogP contribution in [0.15, 0.2) is 24.3 Å². The molecule has 0 aliphatic carbocycles. The van der Waals surface area contributed by atoms with Crippen molar-refractivity contribution < 1.29 is 14.3 Å². The molecule has 0 fully saturated rings. The molecule has 0 aromatic heterocycles. The molecule has 1 rings (SSSR count). The number of nitrogens with one attached hydrogen (secondary N) is 1. The first-order valence-corrected chi connectivity index (χ1v) is 9.75. The van der Waals surface area contributed by atoms with Gasteiger partial charge in [0.1, 0.15) is 18.0 Å². The van der Waals surface area contributed by atoms with Gasteiger partial charge in [-0.05, 0) is 63.5 Å². The van der Waals surface area contributed by atoms with Crippen molar-refractivity contribution >= 4 is 11.6 Å². The summed E-state index contributed by atoms with van der Waals surface area (Å²) in [6.45, 7) is 16.4. The number of rotatable bonds is 12. The molecule has 5 heteroatoms. The zero-order chi connectivity index (χ0) is 19.6. The fraction of sp³-hybridized carbons (Fsp3) is 0.667. The van der Waals surface area contributed by atoms with Crippen molar-refractivity contribution in [2.45, 2.75) is 53.6 Å². The highest BCUT2D eigenvalue weighted by Crippen LogP contribution is 2.24. The van der Waals surface area contributed by atoms with E-state index in [0.717, 1.165) is 31.1 Å². The minimum absolute atomic E-state index is 0.108. The normalized spacial score (nSPS) is 13.7. The van der Waals surface area contributed by atoms with Crippen LogP contribution < -0.4 is 10.1 Å². The Kier molecular flexibility index (Phi) is 9.66. The second-order valence-corrected chi connectivity index (χ2v) is 7.12. The summed E-state index contributed by atoms with van der Waals surface area (Å²) in [5.74, 6) is 1.08. The van der Waals surface area contributed by atoms with Crippen molar-refractivity contribution in [1.29, 1.82) is 0 Å². The van der Waals surface area contributed by atoms with Gasteiger partial charge in [0.05, 0.1) is 0 Å². The summed E-state index contributed by atoms with van der Waals surface area (Å²) in [4.78, 5) is 15.0. The zero-order valence-corrected chi connectivity index (χ0v) is 17.3. The topological polar surface area (TPSA) is 50.8 Å². The molecule has 148 valence electrons. The van der Waals surface area contributed by atoms with E-state index in [1.54, 1.807) is 0 Å². The summed E-state index contributed by atoms with van der Waals surface area (Å²) in [5.41, 5.74) is -0.0669. The molecule has 1 amide bonds. The number of likely N-dealkylation sites (N-methyl/N-ethyl adjacent to an activating group) is 1. The zero-order valence-electron chi connectivity index (χ0n) is 17.3. The SMILES string of the molecule is CCO[C@@](C)(CC(C)C)C(=O)Nc1ccc(OCCN(CC)CC)cc1. The minimum Gasteiger partial charge on any atom is -0.492 e. The number of ether oxygens (including phenoxy) is 2. The maximum atomic E-state index is 12.7. The molecule has 0 unspecified atom stereocenters. The molecule has 1 aromatic carbocycles. The highest BCUT2D eigenvalue weighted by Gasteiger charge is 2.34. The lowest BCUT2D eigenvalue weighted by molar-refractivity contribution is -0.140. The largest absolute Gasteiger partial charge is 0.492 e. The van der Waals surface area contributed by atoms with E-state index in [0.29, 0.717) is 25.6 Å². The van der Waals surface area contributed by atoms with Gasteiger partial charge in [-0.1, -0.05) is 27.7 Å². The van der Waals surface area contributed by atoms with Crippen LogP contribution in [0.2, 0.25) is 0 Å². The van der Waals surface area contributed by atoms with Gasteiger partial charge in [-0.2, -0.15) is 0 Å². The number of carbonyl (C=O) groups is 1. The summed E-state index contributed by atoms with van der Waals surface area (Å²) in [6.07, 6.45) is 0.680. The number of hydrogen-bond donors (Lipinski definition) is 1. The van der Waals surface area contributed by atoms with Gasteiger partial charge in [-0.15, -0.1) is 0 Å². The van der Waals surface area contributed by atoms with Crippen LogP contribution in [-0.4, -0.2) is 49.3 Å². The fourth-order valence-electron chi connectivity index (χ4n) is 3.05. The number of amides is 1. The maximum Gasteiger partial charge on any atom is 0.256 e. The Bertz CT molecular complexity index is 527. The molecule has 1 aromatic rings. The van der Waals surface area contributed by atoms with Gasteiger partial charge in [0.2, 0.25) is 0 Å². The van der Waals surface area contributed by atoms with Crippen LogP contribution in [0.3, 0.4) is 0 Å². The third kappa shape index (κ3) is 7.34. The van der Waals surface area contributed by atoms with Crippen molar-refractivity contribution in [3.8, 4) is 5.75 Å². The fourth-order valence-corrected chi connectivity index (χ4v) is 3.05. The van der Waals surface area contributed by atoms with E-state index >= 15 is 0 Å². The van der Waals surface area contributed by atoms with Crippen LogP contribution in [0.5, 0.6) is 5.75 Å². The summed E-state index contributed by atoms with van der Waals surface area (Å²) in [7, 11) is 0. The quantitative estimate of drug-likeness (QED) is 0.604. The molecule has 0 bridgehead atoms. The van der Waals surface area contributed by atoms with Gasteiger partial charge in [0, 0.05) is 18.8 Å². The third-order valence-corrected chi connectivity index (χ3v) is 4.42. The minimum atomic E-state index is -0.818. The van der Waals surface area contributed by atoms with Crippen molar-refractivity contribution in [3.05, 3.63) is 24.3 Å². The van der Waals surface area contributed by atoms with Gasteiger partial charge in [0.15, 0.2) is 0 Å². The van der Waals surface area contributed by atoms with E-state index in [9.17, 15) is 4.79 Å². The van der Waals surface area contributed by atoms with Gasteiger partial charge >= 0.3 is 0 Å². The molecule has 1 N–H and O–H groups in total. The summed E-state index contributed by atoms with van der Waals surface area (Å²) < 4.78 is 11.5. The van der Waals surface area contributed by atoms with E-state index in [1.807, 2.05) is 38.1 Å². The van der Waals surface area contributed by atoms with Crippen LogP contribution in [-0.2, 0) is 9.53 Å². The Balaban J connectivity index is 2.61. The second-order valence-electron chi connectivity index (χ2n) is 7.12. The van der Waals surface area contributed by atoms with Gasteiger partial charge in [-0.3, -0.25) is 4.79 Å². The average molecular weight is 365 g/mol. The lowest BCUT2D eigenvalue weighted by atomic mass is 9.93. The molecule has 0 aliphatic heterocycles. The molecule has 0 radical (unpaired) electrons. The lowest BCUT2D eigenvalue weighted by Crippen LogP contribution is -2.43. The van der Waals surface area contributed by atoms with Crippen LogP contribution >= 0.6 is 0 Å². The second kappa shape index (κ2) is 11.2. The summed E-state index contributed by atoms with van der Waals surface area (Å²) in [6, 6.07) is 7.51. The van der Waals surface area contributed by atoms with E-state index in [-0.39, 0.29) is 5.91 Å². The maximum absolute atomic E-state index is 12.7. The number of benzene rings is 1. The molecule has 0 saturated carbocycles. The van der Waals surface area contributed by atoms with Crippen LogP contribution in [0.25, 0.3) is 0 Å². The predicted octanol–water partition coefficient (Wildman–Crippen LogP) is 4.19. The Morgan fingerprint density at radius 3 is 2.27 bits per heavy atom. The molecule has 1 atom stereocenters. The Morgan fingerprint density at radius 2 is 1.77 bits per heavy atom. The molecule has 26 heavy (non-hydrogen) atoms. The molecule has 0 spiro atoms. The Labute approximate surface area is 159 Å². The first-order chi connectivity index (χ1) is 12.3. The highest BCUT2D eigenvalue weighted by molar-refractivity contribution is 5.97. The monoisotopic (exact) mass is 364 g/mol. The van der Waals surface area contributed by atoms with Gasteiger partial charge in [0.25, 0.3) is 5.91 Å². The number of nitrogens with zero attached hydrogens (tertiary/aromatic N) is 1. The predicted molar refractivity (Wildman–Crippen MR) is 108 cm³/mol. The molecule has 5 nitrogen and oxygen atoms in total. The number of hydrogen-bond acceptors (Lipinski definition) is 4. The lowest BCUT2D eigenvalue weighted by Gasteiger charge is -2.29. The first-order valence-electron chi connectivity index (χ1n) is 9.75. The average Bonchev–Trinajstić information content (AvgIpc) is 2.59. The van der Waals surface area contributed by atoms with E-state index in [4.69, 9.17) is 9.47 Å². The van der Waals surface area contributed by atoms with E-state index < -0.39 is 5.60 Å². The van der Waals surface area contributed by atoms with Crippen molar-refractivity contribution in [1.82, 2.24) is 4.90 Å². The first kappa shape index (κ1) is 22.5. The van der Waals surface area contributed by atoms with Gasteiger partial charge < -0.3 is 19.7 Å². The number of anilines is 1. The summed E-state index contributed by atoms with van der Waals surface area (Å²) >= 11 is 0. The molecular weight excluding hydrogens is 328 g/mol. The van der Waals surface area contributed by atoms with E-state index in [2.05, 4.69) is 37.9 Å². The Hall–Kier alpha value is -1.59. The third-order valence-electron chi connectivity index (χ3n) is 4.42. The number of carbonyl (C=O) groups excluding carboxylic acids is 1. The summed E-state index contributed by atoms with van der Waals surface area (Å²) in [5, 5.41) is 2.96. The van der Waals surface area contributed by atoms with Crippen LogP contribution in [0, 0.1) is 5.92 Å². The van der Waals surface area contributed by atoms with Crippen LogP contribution in [0.4, 0.5) is 5.69 Å². The van der Waals surface area contributed by atoms with Crippen LogP contribution in [0.1, 0.15) is 48.0 Å².